The van der Waals surface area contributed by atoms with Gasteiger partial charge in [0.25, 0.3) is 0 Å². The molecular weight excluding hydrogens is 402 g/mol. The van der Waals surface area contributed by atoms with Gasteiger partial charge in [-0.05, 0) is 30.7 Å². The molecule has 7 heteroatoms. The monoisotopic (exact) mass is 429 g/mol. The summed E-state index contributed by atoms with van der Waals surface area (Å²) in [5.41, 5.74) is 9.66. The molecule has 0 atom stereocenters. The molecule has 2 aliphatic rings. The van der Waals surface area contributed by atoms with Gasteiger partial charge in [0.2, 0.25) is 5.88 Å². The maximum atomic E-state index is 10.3. The Morgan fingerprint density at radius 1 is 1.12 bits per heavy atom. The van der Waals surface area contributed by atoms with Crippen molar-refractivity contribution >= 4 is 22.3 Å². The van der Waals surface area contributed by atoms with Crippen molar-refractivity contribution in [3.8, 4) is 17.7 Å². The number of anilines is 2. The van der Waals surface area contributed by atoms with Crippen LogP contribution in [0.4, 0.5) is 11.5 Å². The summed E-state index contributed by atoms with van der Waals surface area (Å²) in [7, 11) is 1.56. The average Bonchev–Trinajstić information content (AvgIpc) is 2.82. The minimum Gasteiger partial charge on any atom is -0.508 e. The van der Waals surface area contributed by atoms with Crippen molar-refractivity contribution in [3.63, 3.8) is 0 Å². The molecule has 32 heavy (non-hydrogen) atoms. The molecule has 1 aromatic heterocycles. The highest BCUT2D eigenvalue weighted by atomic mass is 16.5. The maximum absolute atomic E-state index is 10.3. The third-order valence-corrected chi connectivity index (χ3v) is 6.65. The van der Waals surface area contributed by atoms with Crippen LogP contribution in [-0.2, 0) is 13.0 Å². The van der Waals surface area contributed by atoms with E-state index < -0.39 is 0 Å². The number of phenolic OH excluding ortho intramolecular Hbond substituents is 1. The number of fused-ring (bicyclic) bond motifs is 2. The average molecular weight is 430 g/mol. The van der Waals surface area contributed by atoms with E-state index in [4.69, 9.17) is 15.5 Å². The lowest BCUT2D eigenvalue weighted by Crippen LogP contribution is -2.41. The summed E-state index contributed by atoms with van der Waals surface area (Å²) in [5.74, 6) is 1.53. The minimum atomic E-state index is 0.233. The van der Waals surface area contributed by atoms with E-state index in [0.29, 0.717) is 18.0 Å². The van der Waals surface area contributed by atoms with E-state index in [1.807, 2.05) is 24.3 Å². The molecule has 0 radical (unpaired) electrons. The van der Waals surface area contributed by atoms with Gasteiger partial charge in [-0.3, -0.25) is 0 Å². The van der Waals surface area contributed by atoms with Crippen LogP contribution in [0.25, 0.3) is 10.8 Å². The topological polar surface area (TPSA) is 98.6 Å². The Kier molecular flexibility index (Phi) is 5.24. The van der Waals surface area contributed by atoms with E-state index in [2.05, 4.69) is 21.9 Å². The van der Waals surface area contributed by atoms with Crippen LogP contribution >= 0.6 is 0 Å². The van der Waals surface area contributed by atoms with Gasteiger partial charge in [0.15, 0.2) is 0 Å². The summed E-state index contributed by atoms with van der Waals surface area (Å²) in [6.45, 7) is 3.05. The normalized spacial score (nSPS) is 16.7. The lowest BCUT2D eigenvalue weighted by atomic mass is 9.94. The Bertz CT molecular complexity index is 1210. The predicted molar refractivity (Wildman–Crippen MR) is 125 cm³/mol. The number of ether oxygens (including phenoxy) is 1. The fourth-order valence-corrected chi connectivity index (χ4v) is 4.97. The standard InChI is InChI=1S/C25H27N5O2/c1-32-25-21(14-26)22-15-30(23-13-18(31)12-16-4-2-3-5-19(16)23)11-8-20(22)24(28-25)29-9-6-17(27)7-10-29/h2-5,12-13,17,31H,6-11,15,27H2,1H3. The number of rotatable bonds is 3. The van der Waals surface area contributed by atoms with E-state index >= 15 is 0 Å². The highest BCUT2D eigenvalue weighted by molar-refractivity contribution is 5.95. The number of methoxy groups -OCH3 is 1. The van der Waals surface area contributed by atoms with Crippen LogP contribution in [0.3, 0.4) is 0 Å². The Morgan fingerprint density at radius 3 is 2.66 bits per heavy atom. The van der Waals surface area contributed by atoms with E-state index in [1.165, 1.54) is 0 Å². The number of piperidine rings is 1. The lowest BCUT2D eigenvalue weighted by Gasteiger charge is -2.37. The van der Waals surface area contributed by atoms with Crippen molar-refractivity contribution < 1.29 is 9.84 Å². The first kappa shape index (κ1) is 20.4. The van der Waals surface area contributed by atoms with Gasteiger partial charge in [0.05, 0.1) is 7.11 Å². The van der Waals surface area contributed by atoms with Gasteiger partial charge < -0.3 is 25.4 Å². The quantitative estimate of drug-likeness (QED) is 0.659. The number of nitriles is 1. The molecule has 5 rings (SSSR count). The molecule has 2 aliphatic heterocycles. The van der Waals surface area contributed by atoms with Gasteiger partial charge in [0, 0.05) is 60.5 Å². The molecule has 164 valence electrons. The maximum Gasteiger partial charge on any atom is 0.233 e. The summed E-state index contributed by atoms with van der Waals surface area (Å²) in [5, 5.41) is 22.4. The Morgan fingerprint density at radius 2 is 1.91 bits per heavy atom. The summed E-state index contributed by atoms with van der Waals surface area (Å²) < 4.78 is 5.54. The first-order chi connectivity index (χ1) is 15.6. The van der Waals surface area contributed by atoms with Crippen molar-refractivity contribution in [2.24, 2.45) is 5.73 Å². The second kappa shape index (κ2) is 8.21. The van der Waals surface area contributed by atoms with Crippen LogP contribution in [-0.4, -0.2) is 42.9 Å². The number of nitrogens with two attached hydrogens (primary N) is 1. The molecule has 1 saturated heterocycles. The second-order valence-electron chi connectivity index (χ2n) is 8.57. The van der Waals surface area contributed by atoms with E-state index in [0.717, 1.165) is 72.3 Å². The molecule has 1 fully saturated rings. The van der Waals surface area contributed by atoms with Crippen molar-refractivity contribution in [1.82, 2.24) is 4.98 Å². The zero-order valence-corrected chi connectivity index (χ0v) is 18.2. The lowest BCUT2D eigenvalue weighted by molar-refractivity contribution is 0.394. The number of pyridine rings is 1. The smallest absolute Gasteiger partial charge is 0.233 e. The number of aromatic hydroxyl groups is 1. The van der Waals surface area contributed by atoms with Crippen LogP contribution in [0.5, 0.6) is 11.6 Å². The highest BCUT2D eigenvalue weighted by Crippen LogP contribution is 2.39. The molecule has 7 nitrogen and oxygen atoms in total. The fraction of sp³-hybridized carbons (Fsp3) is 0.360. The SMILES string of the molecule is COc1nc(N2CCC(N)CC2)c2c(c1C#N)CN(c1cc(O)cc3ccccc13)CC2. The summed E-state index contributed by atoms with van der Waals surface area (Å²) >= 11 is 0. The van der Waals surface area contributed by atoms with Crippen molar-refractivity contribution in [1.29, 1.82) is 5.26 Å². The third-order valence-electron chi connectivity index (χ3n) is 6.65. The molecular formula is C25H27N5O2. The predicted octanol–water partition coefficient (Wildman–Crippen LogP) is 3.31. The van der Waals surface area contributed by atoms with Gasteiger partial charge >= 0.3 is 0 Å². The summed E-state index contributed by atoms with van der Waals surface area (Å²) in [6, 6.07) is 14.2. The van der Waals surface area contributed by atoms with Crippen LogP contribution in [0.2, 0.25) is 0 Å². The molecule has 0 aliphatic carbocycles. The number of aromatic nitrogens is 1. The largest absolute Gasteiger partial charge is 0.508 e. The van der Waals surface area contributed by atoms with Crippen LogP contribution in [0.1, 0.15) is 29.5 Å². The van der Waals surface area contributed by atoms with Crippen molar-refractivity contribution in [2.45, 2.75) is 31.8 Å². The van der Waals surface area contributed by atoms with Crippen LogP contribution in [0.15, 0.2) is 36.4 Å². The van der Waals surface area contributed by atoms with Crippen LogP contribution in [0, 0.1) is 11.3 Å². The van der Waals surface area contributed by atoms with Crippen molar-refractivity contribution in [2.75, 3.05) is 36.5 Å². The van der Waals surface area contributed by atoms with E-state index in [1.54, 1.807) is 13.2 Å². The first-order valence-electron chi connectivity index (χ1n) is 11.1. The molecule has 3 N–H and O–H groups in total. The van der Waals surface area contributed by atoms with Gasteiger partial charge in [-0.2, -0.15) is 10.2 Å². The number of hydrogen-bond donors (Lipinski definition) is 2. The van der Waals surface area contributed by atoms with Crippen molar-refractivity contribution in [3.05, 3.63) is 53.1 Å². The molecule has 0 saturated carbocycles. The molecule has 2 aromatic carbocycles. The fourth-order valence-electron chi connectivity index (χ4n) is 4.97. The zero-order chi connectivity index (χ0) is 22.2. The number of hydrogen-bond acceptors (Lipinski definition) is 7. The van der Waals surface area contributed by atoms with E-state index in [9.17, 15) is 10.4 Å². The third kappa shape index (κ3) is 3.47. The summed E-state index contributed by atoms with van der Waals surface area (Å²) in [6.07, 6.45) is 2.63. The molecule has 0 amide bonds. The van der Waals surface area contributed by atoms with E-state index in [-0.39, 0.29) is 11.8 Å². The Hall–Kier alpha value is -3.50. The molecule has 0 spiro atoms. The molecule has 0 unspecified atom stereocenters. The van der Waals surface area contributed by atoms with Gasteiger partial charge in [-0.25, -0.2) is 0 Å². The number of nitrogens with zero attached hydrogens (tertiary/aromatic N) is 4. The molecule has 3 heterocycles. The van der Waals surface area contributed by atoms with Gasteiger partial charge in [-0.15, -0.1) is 0 Å². The van der Waals surface area contributed by atoms with Crippen LogP contribution < -0.4 is 20.3 Å². The first-order valence-corrected chi connectivity index (χ1v) is 11.1. The molecule has 3 aromatic rings. The zero-order valence-electron chi connectivity index (χ0n) is 18.2. The summed E-state index contributed by atoms with van der Waals surface area (Å²) in [4.78, 5) is 9.29. The molecule has 0 bridgehead atoms. The Balaban J connectivity index is 1.60. The second-order valence-corrected chi connectivity index (χ2v) is 8.57. The van der Waals surface area contributed by atoms with Gasteiger partial charge in [-0.1, -0.05) is 24.3 Å². The number of phenols is 1. The Labute approximate surface area is 187 Å². The minimum absolute atomic E-state index is 0.233. The van der Waals surface area contributed by atoms with Gasteiger partial charge in [0.1, 0.15) is 23.2 Å². The number of benzene rings is 2. The highest BCUT2D eigenvalue weighted by Gasteiger charge is 2.30.